The normalized spacial score (nSPS) is 11.1. The fourth-order valence-electron chi connectivity index (χ4n) is 2.54. The molecule has 7 heteroatoms. The second kappa shape index (κ2) is 5.45. The van der Waals surface area contributed by atoms with Crippen LogP contribution in [0.3, 0.4) is 0 Å². The van der Waals surface area contributed by atoms with Crippen molar-refractivity contribution in [3.05, 3.63) is 48.2 Å². The minimum atomic E-state index is -0.490. The number of nitrogens with one attached hydrogen (secondary N) is 1. The molecule has 0 saturated carbocycles. The van der Waals surface area contributed by atoms with Gasteiger partial charge in [0.05, 0.1) is 13.4 Å². The van der Waals surface area contributed by atoms with Gasteiger partial charge in [-0.15, -0.1) is 0 Å². The van der Waals surface area contributed by atoms with E-state index in [-0.39, 0.29) is 5.75 Å². The first-order chi connectivity index (χ1) is 11.7. The van der Waals surface area contributed by atoms with Crippen LogP contribution in [0, 0.1) is 12.7 Å². The van der Waals surface area contributed by atoms with Crippen LogP contribution in [-0.2, 0) is 0 Å². The molecule has 1 aromatic carbocycles. The number of hydrogen-bond donors (Lipinski definition) is 1. The molecule has 4 aromatic rings. The summed E-state index contributed by atoms with van der Waals surface area (Å²) in [4.78, 5) is 16.0. The minimum Gasteiger partial charge on any atom is -0.494 e. The molecule has 6 nitrogen and oxygen atoms in total. The molecule has 3 aromatic heterocycles. The van der Waals surface area contributed by atoms with E-state index >= 15 is 0 Å². The number of methoxy groups -OCH3 is 1. The molecular weight excluding hydrogens is 311 g/mol. The van der Waals surface area contributed by atoms with Gasteiger partial charge in [-0.2, -0.15) is 0 Å². The van der Waals surface area contributed by atoms with Crippen LogP contribution in [-0.4, -0.2) is 27.0 Å². The highest BCUT2D eigenvalue weighted by molar-refractivity contribution is 5.88. The zero-order valence-electron chi connectivity index (χ0n) is 13.0. The molecule has 24 heavy (non-hydrogen) atoms. The van der Waals surface area contributed by atoms with Gasteiger partial charge in [-0.3, -0.25) is 0 Å². The van der Waals surface area contributed by atoms with Gasteiger partial charge in [-0.1, -0.05) is 6.07 Å². The summed E-state index contributed by atoms with van der Waals surface area (Å²) in [5.41, 5.74) is 1.69. The summed E-state index contributed by atoms with van der Waals surface area (Å²) in [5, 5.41) is 0. The first-order valence-electron chi connectivity index (χ1n) is 7.28. The van der Waals surface area contributed by atoms with Crippen LogP contribution in [0.5, 0.6) is 5.75 Å². The van der Waals surface area contributed by atoms with Gasteiger partial charge in [0.2, 0.25) is 0 Å². The largest absolute Gasteiger partial charge is 0.494 e. The van der Waals surface area contributed by atoms with E-state index in [9.17, 15) is 4.39 Å². The lowest BCUT2D eigenvalue weighted by Crippen LogP contribution is -1.97. The van der Waals surface area contributed by atoms with Gasteiger partial charge >= 0.3 is 0 Å². The molecule has 0 aliphatic carbocycles. The maximum atomic E-state index is 14.7. The summed E-state index contributed by atoms with van der Waals surface area (Å²) < 4.78 is 25.3. The van der Waals surface area contributed by atoms with Crippen molar-refractivity contribution in [2.45, 2.75) is 6.92 Å². The quantitative estimate of drug-likeness (QED) is 0.621. The highest BCUT2D eigenvalue weighted by Gasteiger charge is 2.19. The van der Waals surface area contributed by atoms with E-state index in [0.29, 0.717) is 34.0 Å². The SMILES string of the molecule is COc1cccc(-c2nc(-c3ccc(C)o3)nc3nc[nH]c23)c1F. The third-order valence-electron chi connectivity index (χ3n) is 3.68. The number of fused-ring (bicyclic) bond motifs is 1. The molecule has 0 bridgehead atoms. The van der Waals surface area contributed by atoms with E-state index in [1.54, 1.807) is 24.3 Å². The van der Waals surface area contributed by atoms with E-state index in [1.165, 1.54) is 13.4 Å². The Bertz CT molecular complexity index is 1040. The Labute approximate surface area is 136 Å². The Morgan fingerprint density at radius 3 is 2.79 bits per heavy atom. The monoisotopic (exact) mass is 324 g/mol. The van der Waals surface area contributed by atoms with E-state index in [1.807, 2.05) is 13.0 Å². The standard InChI is InChI=1S/C17H13FN4O2/c1-9-6-7-12(24-9)16-21-14(15-17(22-16)20-8-19-15)10-4-3-5-11(23-2)13(10)18/h3-8H,1-2H3,(H,19,20,21,22). The Hall–Kier alpha value is -3.22. The Morgan fingerprint density at radius 2 is 2.04 bits per heavy atom. The van der Waals surface area contributed by atoms with Crippen molar-refractivity contribution in [3.63, 3.8) is 0 Å². The van der Waals surface area contributed by atoms with E-state index in [0.717, 1.165) is 5.76 Å². The molecule has 0 unspecified atom stereocenters. The van der Waals surface area contributed by atoms with E-state index in [4.69, 9.17) is 9.15 Å². The van der Waals surface area contributed by atoms with Crippen molar-refractivity contribution in [1.29, 1.82) is 0 Å². The van der Waals surface area contributed by atoms with Crippen molar-refractivity contribution in [2.24, 2.45) is 0 Å². The molecule has 3 heterocycles. The van der Waals surface area contributed by atoms with E-state index in [2.05, 4.69) is 19.9 Å². The van der Waals surface area contributed by atoms with Gasteiger partial charge in [0.15, 0.2) is 28.8 Å². The molecule has 0 saturated heterocycles. The summed E-state index contributed by atoms with van der Waals surface area (Å²) in [5.74, 6) is 1.25. The third-order valence-corrected chi connectivity index (χ3v) is 3.68. The van der Waals surface area contributed by atoms with Gasteiger partial charge in [0.25, 0.3) is 0 Å². The molecule has 0 radical (unpaired) electrons. The highest BCUT2D eigenvalue weighted by Crippen LogP contribution is 2.32. The number of aromatic nitrogens is 4. The molecule has 120 valence electrons. The molecule has 0 fully saturated rings. The van der Waals surface area contributed by atoms with Gasteiger partial charge in [-0.05, 0) is 31.2 Å². The molecule has 0 spiro atoms. The number of aromatic amines is 1. The number of nitrogens with zero attached hydrogens (tertiary/aromatic N) is 3. The average molecular weight is 324 g/mol. The molecule has 1 N–H and O–H groups in total. The average Bonchev–Trinajstić information content (AvgIpc) is 3.23. The van der Waals surface area contributed by atoms with Crippen LogP contribution in [0.25, 0.3) is 34.0 Å². The maximum Gasteiger partial charge on any atom is 0.198 e. The summed E-state index contributed by atoms with van der Waals surface area (Å²) in [7, 11) is 1.42. The maximum absolute atomic E-state index is 14.7. The smallest absolute Gasteiger partial charge is 0.198 e. The number of benzene rings is 1. The number of furan rings is 1. The van der Waals surface area contributed by atoms with Crippen molar-refractivity contribution in [3.8, 4) is 28.6 Å². The van der Waals surface area contributed by atoms with Gasteiger partial charge in [0, 0.05) is 5.56 Å². The minimum absolute atomic E-state index is 0.147. The Morgan fingerprint density at radius 1 is 1.17 bits per heavy atom. The van der Waals surface area contributed by atoms with Crippen LogP contribution in [0.2, 0.25) is 0 Å². The zero-order valence-corrected chi connectivity index (χ0v) is 13.0. The predicted octanol–water partition coefficient (Wildman–Crippen LogP) is 3.74. The molecule has 0 aliphatic rings. The predicted molar refractivity (Wildman–Crippen MR) is 86.1 cm³/mol. The van der Waals surface area contributed by atoms with Crippen molar-refractivity contribution < 1.29 is 13.5 Å². The number of rotatable bonds is 3. The van der Waals surface area contributed by atoms with Crippen LogP contribution in [0.1, 0.15) is 5.76 Å². The lowest BCUT2D eigenvalue weighted by molar-refractivity contribution is 0.387. The number of halogens is 1. The number of ether oxygens (including phenoxy) is 1. The summed E-state index contributed by atoms with van der Waals surface area (Å²) in [6.07, 6.45) is 1.50. The first-order valence-corrected chi connectivity index (χ1v) is 7.28. The Kier molecular flexibility index (Phi) is 3.26. The van der Waals surface area contributed by atoms with E-state index < -0.39 is 5.82 Å². The second-order valence-corrected chi connectivity index (χ2v) is 5.23. The summed E-state index contributed by atoms with van der Waals surface area (Å²) >= 11 is 0. The van der Waals surface area contributed by atoms with Crippen molar-refractivity contribution in [2.75, 3.05) is 7.11 Å². The van der Waals surface area contributed by atoms with Gasteiger partial charge in [-0.25, -0.2) is 19.3 Å². The third kappa shape index (κ3) is 2.21. The zero-order chi connectivity index (χ0) is 16.7. The molecule has 4 rings (SSSR count). The van der Waals surface area contributed by atoms with Crippen LogP contribution in [0.4, 0.5) is 4.39 Å². The molecular formula is C17H13FN4O2. The van der Waals surface area contributed by atoms with Crippen LogP contribution >= 0.6 is 0 Å². The number of hydrogen-bond acceptors (Lipinski definition) is 5. The van der Waals surface area contributed by atoms with Gasteiger partial charge < -0.3 is 14.1 Å². The van der Waals surface area contributed by atoms with Crippen molar-refractivity contribution >= 4 is 11.2 Å². The second-order valence-electron chi connectivity index (χ2n) is 5.23. The lowest BCUT2D eigenvalue weighted by atomic mass is 10.1. The van der Waals surface area contributed by atoms with Crippen LogP contribution in [0.15, 0.2) is 41.1 Å². The number of H-pyrrole nitrogens is 1. The fraction of sp³-hybridized carbons (Fsp3) is 0.118. The molecule has 0 amide bonds. The summed E-state index contributed by atoms with van der Waals surface area (Å²) in [6, 6.07) is 8.49. The first kappa shape index (κ1) is 14.4. The summed E-state index contributed by atoms with van der Waals surface area (Å²) in [6.45, 7) is 1.83. The fourth-order valence-corrected chi connectivity index (χ4v) is 2.54. The van der Waals surface area contributed by atoms with Gasteiger partial charge in [0.1, 0.15) is 17.0 Å². The molecule has 0 aliphatic heterocycles. The van der Waals surface area contributed by atoms with Crippen LogP contribution < -0.4 is 4.74 Å². The van der Waals surface area contributed by atoms with Crippen molar-refractivity contribution in [1.82, 2.24) is 19.9 Å². The topological polar surface area (TPSA) is 76.8 Å². The highest BCUT2D eigenvalue weighted by atomic mass is 19.1. The number of aryl methyl sites for hydroxylation is 1. The Balaban J connectivity index is 1.99. The number of imidazole rings is 1. The lowest BCUT2D eigenvalue weighted by Gasteiger charge is -2.08. The molecule has 0 atom stereocenters.